The van der Waals surface area contributed by atoms with Crippen molar-refractivity contribution >= 4 is 25.3 Å². The first-order valence-corrected chi connectivity index (χ1v) is 7.49. The second-order valence-corrected chi connectivity index (χ2v) is 5.42. The van der Waals surface area contributed by atoms with Gasteiger partial charge in [0.15, 0.2) is 0 Å². The maximum Gasteiger partial charge on any atom is 0.0697 e. The van der Waals surface area contributed by atoms with Gasteiger partial charge in [-0.3, -0.25) is 0 Å². The molecule has 110 valence electrons. The highest BCUT2D eigenvalue weighted by atomic mass is 32.1. The Morgan fingerprint density at radius 1 is 0.722 bits per heavy atom. The van der Waals surface area contributed by atoms with E-state index < -0.39 is 0 Å². The maximum atomic E-state index is 8.54. The number of hydrogen-bond donors (Lipinski definition) is 4. The van der Waals surface area contributed by atoms with Gasteiger partial charge in [-0.1, -0.05) is 0 Å². The van der Waals surface area contributed by atoms with Crippen molar-refractivity contribution in [3.8, 4) is 0 Å². The zero-order chi connectivity index (χ0) is 13.6. The number of aliphatic hydroxyl groups is 2. The van der Waals surface area contributed by atoms with Crippen LogP contribution in [0.1, 0.15) is 25.7 Å². The van der Waals surface area contributed by atoms with Crippen LogP contribution in [0.5, 0.6) is 0 Å². The van der Waals surface area contributed by atoms with Gasteiger partial charge in [0.05, 0.1) is 26.4 Å². The highest BCUT2D eigenvalue weighted by Gasteiger charge is 2.13. The smallest absolute Gasteiger partial charge is 0.0697 e. The van der Waals surface area contributed by atoms with Gasteiger partial charge in [-0.05, 0) is 25.7 Å². The number of rotatable bonds is 13. The van der Waals surface area contributed by atoms with E-state index in [1.54, 1.807) is 0 Å². The predicted octanol–water partition coefficient (Wildman–Crippen LogP) is 1.16. The Morgan fingerprint density at radius 3 is 1.44 bits per heavy atom. The molecule has 18 heavy (non-hydrogen) atoms. The minimum absolute atomic E-state index is 0.0767. The second-order valence-electron chi connectivity index (χ2n) is 4.09. The highest BCUT2D eigenvalue weighted by Crippen LogP contribution is 2.19. The fourth-order valence-electron chi connectivity index (χ4n) is 1.51. The van der Waals surface area contributed by atoms with Crippen LogP contribution in [0.25, 0.3) is 0 Å². The molecule has 0 aliphatic heterocycles. The van der Waals surface area contributed by atoms with Gasteiger partial charge in [-0.25, -0.2) is 0 Å². The SMILES string of the molecule is OCCOCCCC(S)C(S)CCCOCCO. The van der Waals surface area contributed by atoms with Crippen LogP contribution in [0.15, 0.2) is 0 Å². The van der Waals surface area contributed by atoms with Crippen molar-refractivity contribution < 1.29 is 19.7 Å². The first kappa shape index (κ1) is 18.5. The van der Waals surface area contributed by atoms with Gasteiger partial charge in [0.1, 0.15) is 0 Å². The topological polar surface area (TPSA) is 58.9 Å². The zero-order valence-corrected chi connectivity index (χ0v) is 12.6. The summed E-state index contributed by atoms with van der Waals surface area (Å²) in [4.78, 5) is 0. The number of thiol groups is 2. The highest BCUT2D eigenvalue weighted by molar-refractivity contribution is 7.85. The Labute approximate surface area is 121 Å². The molecule has 0 aliphatic carbocycles. The van der Waals surface area contributed by atoms with Gasteiger partial charge in [0.2, 0.25) is 0 Å². The van der Waals surface area contributed by atoms with Crippen molar-refractivity contribution in [2.75, 3.05) is 39.6 Å². The quantitative estimate of drug-likeness (QED) is 0.304. The Balaban J connectivity index is 3.36. The average molecular weight is 298 g/mol. The monoisotopic (exact) mass is 298 g/mol. The Hall–Kier alpha value is 0.540. The molecule has 2 N–H and O–H groups in total. The number of hydrogen-bond acceptors (Lipinski definition) is 6. The largest absolute Gasteiger partial charge is 0.394 e. The summed E-state index contributed by atoms with van der Waals surface area (Å²) in [5.41, 5.74) is 0. The van der Waals surface area contributed by atoms with Crippen molar-refractivity contribution in [3.63, 3.8) is 0 Å². The van der Waals surface area contributed by atoms with Gasteiger partial charge in [0, 0.05) is 23.7 Å². The van der Waals surface area contributed by atoms with Crippen molar-refractivity contribution in [3.05, 3.63) is 0 Å². The Bertz CT molecular complexity index is 154. The molecule has 0 rings (SSSR count). The maximum absolute atomic E-state index is 8.54. The van der Waals surface area contributed by atoms with Crippen LogP contribution in [0, 0.1) is 0 Å². The fourth-order valence-corrected chi connectivity index (χ4v) is 2.17. The van der Waals surface area contributed by atoms with Crippen LogP contribution < -0.4 is 0 Å². The second kappa shape index (κ2) is 14.0. The van der Waals surface area contributed by atoms with Gasteiger partial charge in [-0.15, -0.1) is 0 Å². The molecular formula is C12H26O4S2. The van der Waals surface area contributed by atoms with Crippen molar-refractivity contribution in [1.82, 2.24) is 0 Å². The van der Waals surface area contributed by atoms with E-state index in [0.717, 1.165) is 25.7 Å². The third-order valence-electron chi connectivity index (χ3n) is 2.49. The standard InChI is InChI=1S/C12H26O4S2/c13-5-9-15-7-1-3-11(17)12(18)4-2-8-16-10-6-14/h11-14,17-18H,1-10H2. The van der Waals surface area contributed by atoms with Crippen LogP contribution in [0.3, 0.4) is 0 Å². The number of aliphatic hydroxyl groups excluding tert-OH is 2. The van der Waals surface area contributed by atoms with E-state index in [4.69, 9.17) is 19.7 Å². The van der Waals surface area contributed by atoms with Crippen molar-refractivity contribution in [2.24, 2.45) is 0 Å². The summed E-state index contributed by atoms with van der Waals surface area (Å²) in [5, 5.41) is 17.6. The van der Waals surface area contributed by atoms with Gasteiger partial charge in [0.25, 0.3) is 0 Å². The van der Waals surface area contributed by atoms with E-state index in [1.807, 2.05) is 0 Å². The van der Waals surface area contributed by atoms with E-state index >= 15 is 0 Å². The summed E-state index contributed by atoms with van der Waals surface area (Å²) in [7, 11) is 0. The molecule has 0 amide bonds. The summed E-state index contributed by atoms with van der Waals surface area (Å²) in [6.07, 6.45) is 3.79. The average Bonchev–Trinajstić information content (AvgIpc) is 2.37. The summed E-state index contributed by atoms with van der Waals surface area (Å²) in [6, 6.07) is 0. The van der Waals surface area contributed by atoms with Crippen LogP contribution in [-0.4, -0.2) is 60.4 Å². The molecule has 0 radical (unpaired) electrons. The summed E-state index contributed by atoms with van der Waals surface area (Å²) >= 11 is 9.06. The Morgan fingerprint density at radius 2 is 1.11 bits per heavy atom. The molecule has 6 heteroatoms. The van der Waals surface area contributed by atoms with Crippen LogP contribution in [-0.2, 0) is 9.47 Å². The van der Waals surface area contributed by atoms with Gasteiger partial charge < -0.3 is 19.7 Å². The zero-order valence-electron chi connectivity index (χ0n) is 10.8. The lowest BCUT2D eigenvalue weighted by Gasteiger charge is -2.18. The predicted molar refractivity (Wildman–Crippen MR) is 79.8 cm³/mol. The van der Waals surface area contributed by atoms with E-state index in [0.29, 0.717) is 26.4 Å². The van der Waals surface area contributed by atoms with Crippen molar-refractivity contribution in [1.29, 1.82) is 0 Å². The molecule has 0 aromatic rings. The first-order chi connectivity index (χ1) is 8.72. The molecular weight excluding hydrogens is 272 g/mol. The molecule has 0 fully saturated rings. The summed E-state index contributed by atoms with van der Waals surface area (Å²) in [5.74, 6) is 0. The number of ether oxygens (including phenoxy) is 2. The molecule has 0 saturated carbocycles. The van der Waals surface area contributed by atoms with Gasteiger partial charge in [-0.2, -0.15) is 25.3 Å². The third kappa shape index (κ3) is 11.6. The van der Waals surface area contributed by atoms with Gasteiger partial charge >= 0.3 is 0 Å². The molecule has 4 nitrogen and oxygen atoms in total. The molecule has 0 saturated heterocycles. The third-order valence-corrected chi connectivity index (χ3v) is 3.96. The van der Waals surface area contributed by atoms with E-state index in [1.165, 1.54) is 0 Å². The summed E-state index contributed by atoms with van der Waals surface area (Å²) in [6.45, 7) is 2.30. The first-order valence-electron chi connectivity index (χ1n) is 6.45. The van der Waals surface area contributed by atoms with E-state index in [2.05, 4.69) is 25.3 Å². The lowest BCUT2D eigenvalue weighted by molar-refractivity contribution is 0.0883. The Kier molecular flexibility index (Phi) is 14.4. The molecule has 0 spiro atoms. The molecule has 0 aromatic carbocycles. The molecule has 0 aromatic heterocycles. The van der Waals surface area contributed by atoms with Crippen LogP contribution >= 0.6 is 25.3 Å². The van der Waals surface area contributed by atoms with E-state index in [-0.39, 0.29) is 23.7 Å². The van der Waals surface area contributed by atoms with Crippen LogP contribution in [0.2, 0.25) is 0 Å². The summed E-state index contributed by atoms with van der Waals surface area (Å²) < 4.78 is 10.4. The van der Waals surface area contributed by atoms with Crippen LogP contribution in [0.4, 0.5) is 0 Å². The normalized spacial score (nSPS) is 14.7. The molecule has 0 heterocycles. The van der Waals surface area contributed by atoms with Crippen molar-refractivity contribution in [2.45, 2.75) is 36.2 Å². The molecule has 0 aliphatic rings. The fraction of sp³-hybridized carbons (Fsp3) is 1.00. The lowest BCUT2D eigenvalue weighted by atomic mass is 10.1. The lowest BCUT2D eigenvalue weighted by Crippen LogP contribution is -2.17. The minimum atomic E-state index is 0.0767. The molecule has 2 unspecified atom stereocenters. The minimum Gasteiger partial charge on any atom is -0.394 e. The molecule has 2 atom stereocenters. The van der Waals surface area contributed by atoms with E-state index in [9.17, 15) is 0 Å². The molecule has 0 bridgehead atoms.